The summed E-state index contributed by atoms with van der Waals surface area (Å²) in [7, 11) is 0. The van der Waals surface area contributed by atoms with Gasteiger partial charge in [0.15, 0.2) is 0 Å². The van der Waals surface area contributed by atoms with Gasteiger partial charge in [-0.3, -0.25) is 9.59 Å². The molecular formula is C23H42O4S. The summed E-state index contributed by atoms with van der Waals surface area (Å²) in [6.07, 6.45) is 14.9. The lowest BCUT2D eigenvalue weighted by Crippen LogP contribution is -2.25. The lowest BCUT2D eigenvalue weighted by molar-refractivity contribution is -0.148. The largest absolute Gasteiger partial charge is 0.466 e. The summed E-state index contributed by atoms with van der Waals surface area (Å²) in [6, 6.07) is 0. The third-order valence-corrected chi connectivity index (χ3v) is 7.10. The minimum absolute atomic E-state index is 0.0800. The molecule has 0 aromatic carbocycles. The Bertz CT molecular complexity index is 427. The molecule has 1 fully saturated rings. The van der Waals surface area contributed by atoms with Crippen LogP contribution >= 0.6 is 11.8 Å². The fourth-order valence-electron chi connectivity index (χ4n) is 4.11. The first-order valence-corrected chi connectivity index (χ1v) is 12.6. The highest BCUT2D eigenvalue weighted by atomic mass is 32.2. The number of rotatable bonds is 16. The zero-order valence-corrected chi connectivity index (χ0v) is 19.2. The molecule has 0 aliphatic heterocycles. The van der Waals surface area contributed by atoms with Crippen molar-refractivity contribution in [3.8, 4) is 0 Å². The van der Waals surface area contributed by atoms with Crippen LogP contribution in [0.15, 0.2) is 0 Å². The lowest BCUT2D eigenvalue weighted by Gasteiger charge is -2.24. The van der Waals surface area contributed by atoms with Gasteiger partial charge in [-0.1, -0.05) is 51.9 Å². The van der Waals surface area contributed by atoms with E-state index in [0.717, 1.165) is 38.5 Å². The third kappa shape index (κ3) is 11.3. The van der Waals surface area contributed by atoms with Crippen molar-refractivity contribution in [2.45, 2.75) is 116 Å². The van der Waals surface area contributed by atoms with E-state index in [-0.39, 0.29) is 18.0 Å². The molecule has 4 nitrogen and oxygen atoms in total. The number of ether oxygens (including phenoxy) is 2. The van der Waals surface area contributed by atoms with E-state index in [9.17, 15) is 9.59 Å². The Balaban J connectivity index is 2.29. The molecule has 0 amide bonds. The van der Waals surface area contributed by atoms with Crippen LogP contribution in [0.5, 0.6) is 0 Å². The fraction of sp³-hybridized carbons (Fsp3) is 0.913. The molecule has 5 heteroatoms. The van der Waals surface area contributed by atoms with Crippen molar-refractivity contribution in [2.24, 2.45) is 5.92 Å². The van der Waals surface area contributed by atoms with Crippen molar-refractivity contribution in [1.29, 1.82) is 0 Å². The van der Waals surface area contributed by atoms with Gasteiger partial charge in [0.2, 0.25) is 0 Å². The maximum absolute atomic E-state index is 11.5. The zero-order valence-electron chi connectivity index (χ0n) is 18.4. The summed E-state index contributed by atoms with van der Waals surface area (Å²) in [5.74, 6) is 1.50. The Morgan fingerprint density at radius 2 is 1.64 bits per heavy atom. The van der Waals surface area contributed by atoms with Crippen LogP contribution in [0.4, 0.5) is 0 Å². The number of thioether (sulfide) groups is 1. The van der Waals surface area contributed by atoms with Gasteiger partial charge in [-0.25, -0.2) is 0 Å². The highest BCUT2D eigenvalue weighted by Crippen LogP contribution is 2.40. The second kappa shape index (κ2) is 16.1. The Morgan fingerprint density at radius 1 is 0.929 bits per heavy atom. The summed E-state index contributed by atoms with van der Waals surface area (Å²) >= 11 is 2.11. The number of carbonyl (C=O) groups excluding carboxylic acids is 2. The normalized spacial score (nSPS) is 21.6. The number of hydrogen-bond donors (Lipinski definition) is 0. The summed E-state index contributed by atoms with van der Waals surface area (Å²) in [6.45, 7) is 6.10. The van der Waals surface area contributed by atoms with Crippen molar-refractivity contribution in [3.05, 3.63) is 0 Å². The van der Waals surface area contributed by atoms with Gasteiger partial charge in [0.05, 0.1) is 6.61 Å². The second-order valence-corrected chi connectivity index (χ2v) is 9.32. The first-order valence-electron chi connectivity index (χ1n) is 11.5. The van der Waals surface area contributed by atoms with E-state index in [2.05, 4.69) is 18.7 Å². The molecule has 0 bridgehead atoms. The van der Waals surface area contributed by atoms with Crippen LogP contribution < -0.4 is 0 Å². The van der Waals surface area contributed by atoms with E-state index in [1.807, 2.05) is 6.92 Å². The van der Waals surface area contributed by atoms with Gasteiger partial charge in [-0.2, -0.15) is 11.8 Å². The average Bonchev–Trinajstić information content (AvgIpc) is 3.02. The quantitative estimate of drug-likeness (QED) is 0.219. The molecule has 0 spiro atoms. The maximum Gasteiger partial charge on any atom is 0.305 e. The molecule has 1 saturated carbocycles. The van der Waals surface area contributed by atoms with E-state index in [0.29, 0.717) is 24.2 Å². The molecule has 1 rings (SSSR count). The number of unbranched alkanes of at least 4 members (excludes halogenated alkanes) is 7. The molecule has 0 aromatic rings. The molecular weight excluding hydrogens is 372 g/mol. The lowest BCUT2D eigenvalue weighted by atomic mass is 9.97. The molecule has 0 heterocycles. The predicted molar refractivity (Wildman–Crippen MR) is 118 cm³/mol. The highest BCUT2D eigenvalue weighted by molar-refractivity contribution is 7.99. The van der Waals surface area contributed by atoms with Gasteiger partial charge in [0.1, 0.15) is 6.10 Å². The summed E-state index contributed by atoms with van der Waals surface area (Å²) in [5, 5.41) is 0.634. The van der Waals surface area contributed by atoms with Gasteiger partial charge in [0, 0.05) is 24.5 Å². The highest BCUT2D eigenvalue weighted by Gasteiger charge is 2.37. The second-order valence-electron chi connectivity index (χ2n) is 7.97. The standard InChI is InChI=1S/C23H42O4S/c1-4-6-7-10-13-18-28-22-17-16-21(27-19(3)24)20(22)14-11-8-9-12-15-23(25)26-5-2/h20-22H,4-18H2,1-3H3. The van der Waals surface area contributed by atoms with Gasteiger partial charge in [-0.15, -0.1) is 0 Å². The first-order chi connectivity index (χ1) is 13.6. The van der Waals surface area contributed by atoms with Crippen LogP contribution in [0.1, 0.15) is 104 Å². The first kappa shape index (κ1) is 25.3. The minimum Gasteiger partial charge on any atom is -0.466 e. The smallest absolute Gasteiger partial charge is 0.305 e. The van der Waals surface area contributed by atoms with Crippen LogP contribution in [0.2, 0.25) is 0 Å². The van der Waals surface area contributed by atoms with Crippen molar-refractivity contribution < 1.29 is 19.1 Å². The summed E-state index contributed by atoms with van der Waals surface area (Å²) in [4.78, 5) is 22.9. The fourth-order valence-corrected chi connectivity index (χ4v) is 5.65. The van der Waals surface area contributed by atoms with Crippen LogP contribution in [0, 0.1) is 5.92 Å². The number of carbonyl (C=O) groups is 2. The average molecular weight is 415 g/mol. The monoisotopic (exact) mass is 414 g/mol. The molecule has 1 aliphatic rings. The van der Waals surface area contributed by atoms with E-state index < -0.39 is 0 Å². The van der Waals surface area contributed by atoms with E-state index in [1.165, 1.54) is 51.2 Å². The summed E-state index contributed by atoms with van der Waals surface area (Å²) < 4.78 is 10.6. The Labute approximate surface area is 176 Å². The van der Waals surface area contributed by atoms with E-state index in [1.54, 1.807) is 0 Å². The summed E-state index contributed by atoms with van der Waals surface area (Å²) in [5.41, 5.74) is 0. The molecule has 0 saturated heterocycles. The molecule has 3 atom stereocenters. The number of esters is 2. The van der Waals surface area contributed by atoms with Crippen molar-refractivity contribution >= 4 is 23.7 Å². The Morgan fingerprint density at radius 3 is 2.36 bits per heavy atom. The topological polar surface area (TPSA) is 52.6 Å². The van der Waals surface area contributed by atoms with E-state index >= 15 is 0 Å². The molecule has 28 heavy (non-hydrogen) atoms. The predicted octanol–water partition coefficient (Wildman–Crippen LogP) is 6.30. The van der Waals surface area contributed by atoms with Crippen LogP contribution in [0.25, 0.3) is 0 Å². The molecule has 164 valence electrons. The maximum atomic E-state index is 11.5. The van der Waals surface area contributed by atoms with Gasteiger partial charge >= 0.3 is 11.9 Å². The molecule has 1 aliphatic carbocycles. The van der Waals surface area contributed by atoms with Gasteiger partial charge in [0.25, 0.3) is 0 Å². The van der Waals surface area contributed by atoms with Crippen LogP contribution in [-0.4, -0.2) is 35.7 Å². The zero-order chi connectivity index (χ0) is 20.6. The van der Waals surface area contributed by atoms with Crippen molar-refractivity contribution in [2.75, 3.05) is 12.4 Å². The molecule has 0 aromatic heterocycles. The van der Waals surface area contributed by atoms with Crippen molar-refractivity contribution in [1.82, 2.24) is 0 Å². The molecule has 3 unspecified atom stereocenters. The minimum atomic E-state index is -0.144. The van der Waals surface area contributed by atoms with E-state index in [4.69, 9.17) is 9.47 Å². The molecule has 0 N–H and O–H groups in total. The van der Waals surface area contributed by atoms with Crippen LogP contribution in [0.3, 0.4) is 0 Å². The third-order valence-electron chi connectivity index (χ3n) is 5.56. The van der Waals surface area contributed by atoms with Crippen LogP contribution in [-0.2, 0) is 19.1 Å². The number of hydrogen-bond acceptors (Lipinski definition) is 5. The Hall–Kier alpha value is -0.710. The molecule has 0 radical (unpaired) electrons. The van der Waals surface area contributed by atoms with Gasteiger partial charge < -0.3 is 9.47 Å². The van der Waals surface area contributed by atoms with Gasteiger partial charge in [-0.05, 0) is 44.8 Å². The van der Waals surface area contributed by atoms with Crippen molar-refractivity contribution in [3.63, 3.8) is 0 Å². The SMILES string of the molecule is CCCCCCCSC1CCC(OC(C)=O)C1CCCCCCC(=O)OCC. The Kier molecular flexibility index (Phi) is 14.6.